The second kappa shape index (κ2) is 10.4. The minimum Gasteiger partial charge on any atom is -0.478 e. The maximum absolute atomic E-state index is 14.6. The number of alkyl halides is 2. The molecule has 1 aliphatic rings. The quantitative estimate of drug-likeness (QED) is 0.354. The smallest absolute Gasteiger partial charge is 0.387 e. The number of nitrogens with one attached hydrogen (secondary N) is 1. The van der Waals surface area contributed by atoms with Gasteiger partial charge in [-0.15, -0.1) is 0 Å². The number of halogens is 4. The number of pyridine rings is 1. The van der Waals surface area contributed by atoms with Crippen LogP contribution in [0.3, 0.4) is 0 Å². The van der Waals surface area contributed by atoms with Crippen molar-refractivity contribution in [1.82, 2.24) is 4.98 Å². The zero-order valence-corrected chi connectivity index (χ0v) is 18.9. The Balaban J connectivity index is 1.34. The molecule has 0 aliphatic heterocycles. The molecule has 1 saturated carbocycles. The van der Waals surface area contributed by atoms with Crippen LogP contribution in [0.2, 0.25) is 5.02 Å². The number of hydrogen-bond acceptors (Lipinski definition) is 4. The summed E-state index contributed by atoms with van der Waals surface area (Å²) >= 11 is 5.82. The molecule has 3 aromatic rings. The van der Waals surface area contributed by atoms with Crippen molar-refractivity contribution in [3.63, 3.8) is 0 Å². The number of aromatic carboxylic acids is 1. The number of carbonyl (C=O) groups excluding carboxylic acids is 1. The van der Waals surface area contributed by atoms with Crippen LogP contribution < -0.4 is 10.1 Å². The first-order chi connectivity index (χ1) is 16.7. The Labute approximate surface area is 203 Å². The molecule has 0 radical (unpaired) electrons. The molecule has 1 aromatic heterocycles. The topological polar surface area (TPSA) is 88.5 Å². The second-order valence-electron chi connectivity index (χ2n) is 8.16. The first-order valence-corrected chi connectivity index (χ1v) is 11.1. The third kappa shape index (κ3) is 5.92. The van der Waals surface area contributed by atoms with Crippen molar-refractivity contribution in [2.75, 3.05) is 5.32 Å². The van der Waals surface area contributed by atoms with Gasteiger partial charge in [0.2, 0.25) is 5.91 Å². The molecule has 1 heterocycles. The number of amides is 1. The van der Waals surface area contributed by atoms with E-state index in [0.29, 0.717) is 18.5 Å². The summed E-state index contributed by atoms with van der Waals surface area (Å²) in [5.74, 6) is -2.01. The van der Waals surface area contributed by atoms with Crippen LogP contribution in [-0.2, 0) is 4.79 Å². The lowest BCUT2D eigenvalue weighted by molar-refractivity contribution is -0.116. The van der Waals surface area contributed by atoms with Crippen molar-refractivity contribution in [1.29, 1.82) is 0 Å². The van der Waals surface area contributed by atoms with Gasteiger partial charge in [0.1, 0.15) is 5.75 Å². The second-order valence-corrected chi connectivity index (χ2v) is 8.56. The predicted octanol–water partition coefficient (Wildman–Crippen LogP) is 6.36. The van der Waals surface area contributed by atoms with E-state index in [2.05, 4.69) is 15.0 Å². The SMILES string of the molecule is O=C(CCC1CC1c1ccc(-c2c(OC(F)F)ccc(Cl)c2F)cn1)Nc1ccc(C(=O)O)cc1. The fourth-order valence-electron chi connectivity index (χ4n) is 3.93. The van der Waals surface area contributed by atoms with Gasteiger partial charge in [-0.25, -0.2) is 9.18 Å². The normalized spacial score (nSPS) is 16.7. The predicted molar refractivity (Wildman–Crippen MR) is 123 cm³/mol. The molecule has 2 atom stereocenters. The van der Waals surface area contributed by atoms with E-state index in [-0.39, 0.29) is 45.2 Å². The summed E-state index contributed by atoms with van der Waals surface area (Å²) < 4.78 is 44.4. The van der Waals surface area contributed by atoms with Gasteiger partial charge in [-0.2, -0.15) is 8.78 Å². The molecular formula is C25H20ClF3N2O4. The highest BCUT2D eigenvalue weighted by Gasteiger charge is 2.39. The number of hydrogen-bond donors (Lipinski definition) is 2. The van der Waals surface area contributed by atoms with Crippen molar-refractivity contribution in [2.45, 2.75) is 31.8 Å². The van der Waals surface area contributed by atoms with E-state index in [1.165, 1.54) is 36.5 Å². The Morgan fingerprint density at radius 2 is 1.89 bits per heavy atom. The van der Waals surface area contributed by atoms with Gasteiger partial charge in [0.25, 0.3) is 0 Å². The van der Waals surface area contributed by atoms with Gasteiger partial charge >= 0.3 is 12.6 Å². The summed E-state index contributed by atoms with van der Waals surface area (Å²) in [6.45, 7) is -3.12. The Bertz CT molecular complexity index is 1240. The molecule has 0 saturated heterocycles. The number of rotatable bonds is 9. The van der Waals surface area contributed by atoms with Gasteiger partial charge in [-0.05, 0) is 61.2 Å². The summed E-state index contributed by atoms with van der Waals surface area (Å²) in [5.41, 5.74) is 1.50. The summed E-state index contributed by atoms with van der Waals surface area (Å²) in [6, 6.07) is 11.5. The number of nitrogens with zero attached hydrogens (tertiary/aromatic N) is 1. The Kier molecular flexibility index (Phi) is 7.25. The molecule has 2 N–H and O–H groups in total. The lowest BCUT2D eigenvalue weighted by Gasteiger charge is -2.13. The van der Waals surface area contributed by atoms with E-state index in [9.17, 15) is 22.8 Å². The number of carbonyl (C=O) groups is 2. The van der Waals surface area contributed by atoms with Crippen molar-refractivity contribution >= 4 is 29.2 Å². The van der Waals surface area contributed by atoms with Gasteiger partial charge in [-0.3, -0.25) is 9.78 Å². The molecule has 182 valence electrons. The summed E-state index contributed by atoms with van der Waals surface area (Å²) in [4.78, 5) is 27.5. The lowest BCUT2D eigenvalue weighted by Crippen LogP contribution is -2.11. The minimum absolute atomic E-state index is 0.137. The number of aromatic nitrogens is 1. The van der Waals surface area contributed by atoms with E-state index in [1.54, 1.807) is 12.1 Å². The molecule has 2 aromatic carbocycles. The third-order valence-electron chi connectivity index (χ3n) is 5.81. The first-order valence-electron chi connectivity index (χ1n) is 10.7. The van der Waals surface area contributed by atoms with Gasteiger partial charge in [0.05, 0.1) is 16.1 Å². The Morgan fingerprint density at radius 3 is 2.51 bits per heavy atom. The molecule has 4 rings (SSSR count). The fraction of sp³-hybridized carbons (Fsp3) is 0.240. The molecule has 1 fully saturated rings. The third-order valence-corrected chi connectivity index (χ3v) is 6.10. The van der Waals surface area contributed by atoms with Crippen LogP contribution in [0.4, 0.5) is 18.9 Å². The number of ether oxygens (including phenoxy) is 1. The van der Waals surface area contributed by atoms with Crippen molar-refractivity contribution in [2.24, 2.45) is 5.92 Å². The number of anilines is 1. The molecule has 0 spiro atoms. The number of benzene rings is 2. The molecule has 35 heavy (non-hydrogen) atoms. The van der Waals surface area contributed by atoms with Gasteiger partial charge in [-0.1, -0.05) is 17.7 Å². The summed E-state index contributed by atoms with van der Waals surface area (Å²) in [5, 5.41) is 11.4. The molecular weight excluding hydrogens is 485 g/mol. The monoisotopic (exact) mass is 504 g/mol. The van der Waals surface area contributed by atoms with E-state index in [0.717, 1.165) is 18.2 Å². The molecule has 1 aliphatic carbocycles. The van der Waals surface area contributed by atoms with Gasteiger partial charge < -0.3 is 15.2 Å². The van der Waals surface area contributed by atoms with Crippen LogP contribution in [0.1, 0.15) is 41.2 Å². The molecule has 10 heteroatoms. The first kappa shape index (κ1) is 24.5. The standard InChI is InChI=1S/C25H20ClF3N2O4/c26-18-7-9-20(35-25(28)29)22(23(18)27)15-3-8-19(30-12-15)17-11-14(17)4-10-21(32)31-16-5-1-13(2-6-16)24(33)34/h1-3,5-9,12,14,17,25H,4,10-11H2,(H,31,32)(H,33,34). The van der Waals surface area contributed by atoms with Gasteiger partial charge in [0, 0.05) is 35.5 Å². The summed E-state index contributed by atoms with van der Waals surface area (Å²) in [7, 11) is 0. The average molecular weight is 505 g/mol. The van der Waals surface area contributed by atoms with Crippen LogP contribution in [0.5, 0.6) is 5.75 Å². The number of carboxylic acid groups (broad SMARTS) is 1. The van der Waals surface area contributed by atoms with Crippen molar-refractivity contribution < 1.29 is 32.6 Å². The van der Waals surface area contributed by atoms with E-state index < -0.39 is 18.4 Å². The molecule has 0 bridgehead atoms. The van der Waals surface area contributed by atoms with Crippen LogP contribution in [-0.4, -0.2) is 28.6 Å². The maximum Gasteiger partial charge on any atom is 0.387 e. The maximum atomic E-state index is 14.6. The summed E-state index contributed by atoms with van der Waals surface area (Å²) in [6.07, 6.45) is 3.17. The van der Waals surface area contributed by atoms with Crippen LogP contribution in [0, 0.1) is 11.7 Å². The van der Waals surface area contributed by atoms with Crippen LogP contribution in [0.25, 0.3) is 11.1 Å². The van der Waals surface area contributed by atoms with Crippen LogP contribution in [0.15, 0.2) is 54.7 Å². The molecule has 6 nitrogen and oxygen atoms in total. The highest BCUT2D eigenvalue weighted by atomic mass is 35.5. The number of carboxylic acids is 1. The Hall–Kier alpha value is -3.59. The zero-order valence-electron chi connectivity index (χ0n) is 18.2. The Morgan fingerprint density at radius 1 is 1.14 bits per heavy atom. The average Bonchev–Trinajstić information content (AvgIpc) is 3.60. The fourth-order valence-corrected chi connectivity index (χ4v) is 4.09. The van der Waals surface area contributed by atoms with E-state index in [1.807, 2.05) is 0 Å². The van der Waals surface area contributed by atoms with E-state index >= 15 is 0 Å². The van der Waals surface area contributed by atoms with Crippen molar-refractivity contribution in [3.8, 4) is 16.9 Å². The molecule has 2 unspecified atom stereocenters. The van der Waals surface area contributed by atoms with Crippen LogP contribution >= 0.6 is 11.6 Å². The zero-order chi connectivity index (χ0) is 25.1. The van der Waals surface area contributed by atoms with E-state index in [4.69, 9.17) is 16.7 Å². The van der Waals surface area contributed by atoms with Gasteiger partial charge in [0.15, 0.2) is 5.82 Å². The minimum atomic E-state index is -3.12. The van der Waals surface area contributed by atoms with Crippen molar-refractivity contribution in [3.05, 3.63) is 76.8 Å². The highest BCUT2D eigenvalue weighted by Crippen LogP contribution is 2.49. The molecule has 1 amide bonds. The lowest BCUT2D eigenvalue weighted by atomic mass is 10.0. The highest BCUT2D eigenvalue weighted by molar-refractivity contribution is 6.31. The largest absolute Gasteiger partial charge is 0.478 e.